The number of anilines is 1. The number of benzene rings is 1. The number of rotatable bonds is 6. The van der Waals surface area contributed by atoms with Gasteiger partial charge in [-0.3, -0.25) is 14.4 Å². The van der Waals surface area contributed by atoms with E-state index in [1.807, 2.05) is 6.92 Å². The van der Waals surface area contributed by atoms with E-state index in [-0.39, 0.29) is 24.7 Å². The highest BCUT2D eigenvalue weighted by Crippen LogP contribution is 2.26. The molecule has 0 bridgehead atoms. The van der Waals surface area contributed by atoms with Crippen LogP contribution in [0.15, 0.2) is 18.2 Å². The number of carboxylic acids is 1. The van der Waals surface area contributed by atoms with E-state index in [1.54, 1.807) is 32.0 Å². The van der Waals surface area contributed by atoms with Crippen LogP contribution in [-0.4, -0.2) is 29.9 Å². The monoisotopic (exact) mass is 306 g/mol. The number of aryl methyl sites for hydroxylation is 1. The topological polar surface area (TPSA) is 95.5 Å². The minimum absolute atomic E-state index is 0.0856. The van der Waals surface area contributed by atoms with Gasteiger partial charge in [0.15, 0.2) is 0 Å². The first-order valence-electron chi connectivity index (χ1n) is 6.99. The van der Waals surface area contributed by atoms with Gasteiger partial charge in [0.05, 0.1) is 6.42 Å². The van der Waals surface area contributed by atoms with Gasteiger partial charge in [-0.25, -0.2) is 0 Å². The van der Waals surface area contributed by atoms with Crippen molar-refractivity contribution in [2.24, 2.45) is 5.41 Å². The molecule has 0 saturated heterocycles. The number of carbonyl (C=O) groups is 3. The molecule has 22 heavy (non-hydrogen) atoms. The number of aliphatic carboxylic acids is 1. The highest BCUT2D eigenvalue weighted by atomic mass is 16.4. The van der Waals surface area contributed by atoms with Crippen molar-refractivity contribution in [1.82, 2.24) is 5.32 Å². The van der Waals surface area contributed by atoms with Crippen LogP contribution in [0.2, 0.25) is 0 Å². The number of amides is 2. The third kappa shape index (κ3) is 5.20. The summed E-state index contributed by atoms with van der Waals surface area (Å²) in [4.78, 5) is 34.5. The average Bonchev–Trinajstić information content (AvgIpc) is 2.38. The summed E-state index contributed by atoms with van der Waals surface area (Å²) in [6.45, 7) is 5.29. The number of nitrogens with one attached hydrogen (secondary N) is 2. The molecule has 120 valence electrons. The first kappa shape index (κ1) is 17.7. The van der Waals surface area contributed by atoms with Crippen molar-refractivity contribution < 1.29 is 19.5 Å². The van der Waals surface area contributed by atoms with Crippen molar-refractivity contribution in [1.29, 1.82) is 0 Å². The summed E-state index contributed by atoms with van der Waals surface area (Å²) in [5.74, 6) is -1.44. The normalized spacial score (nSPS) is 10.9. The van der Waals surface area contributed by atoms with Gasteiger partial charge in [0.2, 0.25) is 5.91 Å². The fraction of sp³-hybridized carbons (Fsp3) is 0.438. The Labute approximate surface area is 129 Å². The van der Waals surface area contributed by atoms with Crippen LogP contribution in [0, 0.1) is 12.3 Å². The molecule has 6 nitrogen and oxygen atoms in total. The molecule has 0 aromatic heterocycles. The van der Waals surface area contributed by atoms with Crippen molar-refractivity contribution in [3.63, 3.8) is 0 Å². The summed E-state index contributed by atoms with van der Waals surface area (Å²) in [7, 11) is 1.54. The maximum atomic E-state index is 12.1. The van der Waals surface area contributed by atoms with Crippen LogP contribution in [0.1, 0.15) is 42.6 Å². The fourth-order valence-electron chi connectivity index (χ4n) is 2.14. The summed E-state index contributed by atoms with van der Waals surface area (Å²) in [6.07, 6.45) is 0.000619. The van der Waals surface area contributed by atoms with Crippen molar-refractivity contribution >= 4 is 23.5 Å². The van der Waals surface area contributed by atoms with Crippen molar-refractivity contribution in [3.8, 4) is 0 Å². The van der Waals surface area contributed by atoms with Crippen molar-refractivity contribution in [2.75, 3.05) is 12.4 Å². The Kier molecular flexibility index (Phi) is 5.68. The van der Waals surface area contributed by atoms with E-state index < -0.39 is 11.4 Å². The summed E-state index contributed by atoms with van der Waals surface area (Å²) in [5.41, 5.74) is 1.20. The van der Waals surface area contributed by atoms with Crippen LogP contribution >= 0.6 is 0 Å². The molecule has 0 aliphatic heterocycles. The van der Waals surface area contributed by atoms with Gasteiger partial charge in [0.25, 0.3) is 5.91 Å². The maximum absolute atomic E-state index is 12.1. The van der Waals surface area contributed by atoms with Crippen LogP contribution < -0.4 is 10.6 Å². The molecule has 2 amide bonds. The van der Waals surface area contributed by atoms with Gasteiger partial charge in [0, 0.05) is 24.7 Å². The zero-order chi connectivity index (χ0) is 16.9. The average molecular weight is 306 g/mol. The lowest BCUT2D eigenvalue weighted by atomic mass is 9.85. The molecule has 1 rings (SSSR count). The molecular formula is C16H22N2O4. The molecule has 1 aromatic rings. The van der Waals surface area contributed by atoms with Gasteiger partial charge in [-0.05, 0) is 30.0 Å². The molecule has 0 spiro atoms. The van der Waals surface area contributed by atoms with Gasteiger partial charge in [-0.1, -0.05) is 19.9 Å². The Bertz CT molecular complexity index is 594. The van der Waals surface area contributed by atoms with Gasteiger partial charge >= 0.3 is 5.97 Å². The third-order valence-electron chi connectivity index (χ3n) is 3.27. The largest absolute Gasteiger partial charge is 0.481 e. The smallest absolute Gasteiger partial charge is 0.303 e. The van der Waals surface area contributed by atoms with Crippen LogP contribution in [0.4, 0.5) is 5.69 Å². The first-order valence-corrected chi connectivity index (χ1v) is 6.99. The van der Waals surface area contributed by atoms with E-state index in [4.69, 9.17) is 5.11 Å². The van der Waals surface area contributed by atoms with Crippen molar-refractivity contribution in [3.05, 3.63) is 29.3 Å². The molecule has 0 atom stereocenters. The quantitative estimate of drug-likeness (QED) is 0.750. The summed E-state index contributed by atoms with van der Waals surface area (Å²) in [5, 5.41) is 14.1. The standard InChI is InChI=1S/C16H22N2O4/c1-10-5-6-11(15(22)17-4)7-12(10)18-13(19)8-16(2,3)9-14(20)21/h5-7H,8-9H2,1-4H3,(H,17,22)(H,18,19)(H,20,21). The fourth-order valence-corrected chi connectivity index (χ4v) is 2.14. The highest BCUT2D eigenvalue weighted by Gasteiger charge is 2.25. The molecule has 0 radical (unpaired) electrons. The van der Waals surface area contributed by atoms with E-state index in [0.29, 0.717) is 11.3 Å². The van der Waals surface area contributed by atoms with E-state index >= 15 is 0 Å². The van der Waals surface area contributed by atoms with Crippen LogP contribution in [-0.2, 0) is 9.59 Å². The molecule has 1 aromatic carbocycles. The van der Waals surface area contributed by atoms with E-state index in [2.05, 4.69) is 10.6 Å². The minimum atomic E-state index is -0.935. The Morgan fingerprint density at radius 3 is 2.36 bits per heavy atom. The molecule has 0 saturated carbocycles. The van der Waals surface area contributed by atoms with Gasteiger partial charge < -0.3 is 15.7 Å². The van der Waals surface area contributed by atoms with Crippen LogP contribution in [0.3, 0.4) is 0 Å². The Morgan fingerprint density at radius 1 is 1.18 bits per heavy atom. The second kappa shape index (κ2) is 7.06. The van der Waals surface area contributed by atoms with E-state index in [1.165, 1.54) is 7.05 Å². The lowest BCUT2D eigenvalue weighted by Gasteiger charge is -2.21. The molecule has 0 heterocycles. The van der Waals surface area contributed by atoms with Gasteiger partial charge in [0.1, 0.15) is 0 Å². The lowest BCUT2D eigenvalue weighted by molar-refractivity contribution is -0.139. The number of carbonyl (C=O) groups excluding carboxylic acids is 2. The van der Waals surface area contributed by atoms with Crippen molar-refractivity contribution in [2.45, 2.75) is 33.6 Å². The first-order chi connectivity index (χ1) is 10.1. The zero-order valence-corrected chi connectivity index (χ0v) is 13.3. The highest BCUT2D eigenvalue weighted by molar-refractivity contribution is 5.97. The molecular weight excluding hydrogens is 284 g/mol. The SMILES string of the molecule is CNC(=O)c1ccc(C)c(NC(=O)CC(C)(C)CC(=O)O)c1. The van der Waals surface area contributed by atoms with Crippen LogP contribution in [0.25, 0.3) is 0 Å². The summed E-state index contributed by atoms with van der Waals surface area (Å²) >= 11 is 0. The lowest BCUT2D eigenvalue weighted by Crippen LogP contribution is -2.25. The molecule has 6 heteroatoms. The Hall–Kier alpha value is -2.37. The van der Waals surface area contributed by atoms with Gasteiger partial charge in [-0.2, -0.15) is 0 Å². The zero-order valence-electron chi connectivity index (χ0n) is 13.3. The molecule has 3 N–H and O–H groups in total. The molecule has 0 aliphatic rings. The van der Waals surface area contributed by atoms with Gasteiger partial charge in [-0.15, -0.1) is 0 Å². The second-order valence-corrected chi connectivity index (χ2v) is 6.07. The Balaban J connectivity index is 2.84. The van der Waals surface area contributed by atoms with E-state index in [0.717, 1.165) is 5.56 Å². The Morgan fingerprint density at radius 2 is 1.82 bits per heavy atom. The molecule has 0 fully saturated rings. The molecule has 0 aliphatic carbocycles. The maximum Gasteiger partial charge on any atom is 0.303 e. The number of hydrogen-bond acceptors (Lipinski definition) is 3. The van der Waals surface area contributed by atoms with E-state index in [9.17, 15) is 14.4 Å². The third-order valence-corrected chi connectivity index (χ3v) is 3.27. The molecule has 0 unspecified atom stereocenters. The summed E-state index contributed by atoms with van der Waals surface area (Å²) < 4.78 is 0. The minimum Gasteiger partial charge on any atom is -0.481 e. The predicted octanol–water partition coefficient (Wildman–Crippen LogP) is 2.18. The second-order valence-electron chi connectivity index (χ2n) is 6.07. The summed E-state index contributed by atoms with van der Waals surface area (Å²) in [6, 6.07) is 5.04. The number of carboxylic acid groups (broad SMARTS) is 1. The predicted molar refractivity (Wildman–Crippen MR) is 83.8 cm³/mol. The number of hydrogen-bond donors (Lipinski definition) is 3. The van der Waals surface area contributed by atoms with Crippen LogP contribution in [0.5, 0.6) is 0 Å².